The summed E-state index contributed by atoms with van der Waals surface area (Å²) in [4.78, 5) is 28.2. The van der Waals surface area contributed by atoms with Crippen LogP contribution < -0.4 is 9.64 Å². The standard InChI is InChI=1S/C25H31N3O5/c1-16-17(2)23-21(18(3)22(16)29)10-11-25(4,33-23)24(30)27-13-5-12-26(14-15-27)19-6-8-20(9-7-19)28(31)32/h6-9,29H,5,10-15H2,1-4H3. The van der Waals surface area contributed by atoms with Gasteiger partial charge in [0.1, 0.15) is 11.5 Å². The third kappa shape index (κ3) is 4.10. The summed E-state index contributed by atoms with van der Waals surface area (Å²) in [5, 5.41) is 21.3. The maximum atomic E-state index is 13.6. The molecule has 1 amide bonds. The van der Waals surface area contributed by atoms with Gasteiger partial charge >= 0.3 is 0 Å². The summed E-state index contributed by atoms with van der Waals surface area (Å²) in [5.41, 5.74) is 3.53. The Morgan fingerprint density at radius 1 is 1.06 bits per heavy atom. The number of rotatable bonds is 3. The van der Waals surface area contributed by atoms with Gasteiger partial charge < -0.3 is 19.6 Å². The van der Waals surface area contributed by atoms with Crippen LogP contribution in [0.3, 0.4) is 0 Å². The molecule has 0 bridgehead atoms. The molecule has 2 heterocycles. The number of fused-ring (bicyclic) bond motifs is 1. The molecule has 2 aromatic carbocycles. The Balaban J connectivity index is 1.49. The monoisotopic (exact) mass is 453 g/mol. The number of benzene rings is 2. The van der Waals surface area contributed by atoms with Crippen molar-refractivity contribution in [2.45, 2.75) is 52.6 Å². The first-order valence-corrected chi connectivity index (χ1v) is 11.4. The van der Waals surface area contributed by atoms with E-state index < -0.39 is 10.5 Å². The second-order valence-corrected chi connectivity index (χ2v) is 9.27. The molecule has 8 heteroatoms. The van der Waals surface area contributed by atoms with Gasteiger partial charge in [-0.1, -0.05) is 0 Å². The molecule has 1 saturated heterocycles. The quantitative estimate of drug-likeness (QED) is 0.556. The number of non-ortho nitro benzene ring substituents is 1. The maximum Gasteiger partial charge on any atom is 0.269 e. The highest BCUT2D eigenvalue weighted by Gasteiger charge is 2.43. The lowest BCUT2D eigenvalue weighted by molar-refractivity contribution is -0.384. The fourth-order valence-corrected chi connectivity index (χ4v) is 4.90. The number of carbonyl (C=O) groups is 1. The predicted molar refractivity (Wildman–Crippen MR) is 126 cm³/mol. The van der Waals surface area contributed by atoms with E-state index in [0.717, 1.165) is 46.7 Å². The Bertz CT molecular complexity index is 1100. The van der Waals surface area contributed by atoms with Crippen molar-refractivity contribution < 1.29 is 19.6 Å². The Labute approximate surface area is 193 Å². The molecule has 8 nitrogen and oxygen atoms in total. The van der Waals surface area contributed by atoms with Crippen LogP contribution in [-0.4, -0.2) is 52.6 Å². The fourth-order valence-electron chi connectivity index (χ4n) is 4.90. The van der Waals surface area contributed by atoms with Gasteiger partial charge in [0, 0.05) is 56.0 Å². The second-order valence-electron chi connectivity index (χ2n) is 9.27. The van der Waals surface area contributed by atoms with Crippen molar-refractivity contribution in [3.05, 3.63) is 56.6 Å². The Morgan fingerprint density at radius 3 is 2.42 bits per heavy atom. The van der Waals surface area contributed by atoms with Crippen LogP contribution in [0.2, 0.25) is 0 Å². The first-order valence-electron chi connectivity index (χ1n) is 11.4. The summed E-state index contributed by atoms with van der Waals surface area (Å²) < 4.78 is 6.39. The molecule has 1 unspecified atom stereocenters. The first-order chi connectivity index (χ1) is 15.6. The van der Waals surface area contributed by atoms with Gasteiger partial charge in [-0.3, -0.25) is 14.9 Å². The van der Waals surface area contributed by atoms with Gasteiger partial charge in [0.2, 0.25) is 0 Å². The highest BCUT2D eigenvalue weighted by Crippen LogP contribution is 2.43. The summed E-state index contributed by atoms with van der Waals surface area (Å²) in [7, 11) is 0. The molecule has 0 aliphatic carbocycles. The number of nitrogens with zero attached hydrogens (tertiary/aromatic N) is 3. The van der Waals surface area contributed by atoms with Crippen molar-refractivity contribution in [3.63, 3.8) is 0 Å². The molecular formula is C25H31N3O5. The minimum absolute atomic E-state index is 0.0125. The van der Waals surface area contributed by atoms with E-state index in [1.807, 2.05) is 32.6 Å². The molecule has 0 aromatic heterocycles. The normalized spacial score (nSPS) is 20.6. The molecule has 0 saturated carbocycles. The zero-order chi connectivity index (χ0) is 23.9. The van der Waals surface area contributed by atoms with E-state index in [1.54, 1.807) is 12.1 Å². The number of amides is 1. The van der Waals surface area contributed by atoms with Gasteiger partial charge in [-0.2, -0.15) is 0 Å². The molecule has 0 spiro atoms. The predicted octanol–water partition coefficient (Wildman–Crippen LogP) is 4.05. The van der Waals surface area contributed by atoms with Crippen LogP contribution in [0.15, 0.2) is 24.3 Å². The van der Waals surface area contributed by atoms with Gasteiger partial charge in [-0.15, -0.1) is 0 Å². The van der Waals surface area contributed by atoms with Gasteiger partial charge in [0.15, 0.2) is 5.60 Å². The number of aromatic hydroxyl groups is 1. The second kappa shape index (κ2) is 8.57. The van der Waals surface area contributed by atoms with Crippen LogP contribution >= 0.6 is 0 Å². The Morgan fingerprint density at radius 2 is 1.76 bits per heavy atom. The summed E-state index contributed by atoms with van der Waals surface area (Å²) in [6.45, 7) is 10.2. The van der Waals surface area contributed by atoms with Crippen molar-refractivity contribution in [2.24, 2.45) is 0 Å². The smallest absolute Gasteiger partial charge is 0.269 e. The zero-order valence-electron chi connectivity index (χ0n) is 19.7. The van der Waals surface area contributed by atoms with Crippen molar-refractivity contribution >= 4 is 17.3 Å². The molecule has 1 atom stereocenters. The van der Waals surface area contributed by atoms with E-state index in [0.29, 0.717) is 38.2 Å². The van der Waals surface area contributed by atoms with Crippen LogP contribution in [-0.2, 0) is 11.2 Å². The van der Waals surface area contributed by atoms with Crippen LogP contribution in [0.25, 0.3) is 0 Å². The van der Waals surface area contributed by atoms with Gasteiger partial charge in [0.05, 0.1) is 4.92 Å². The number of nitro groups is 1. The Kier molecular flexibility index (Phi) is 5.95. The van der Waals surface area contributed by atoms with Crippen molar-refractivity contribution in [1.82, 2.24) is 4.90 Å². The molecule has 2 aliphatic rings. The fraction of sp³-hybridized carbons (Fsp3) is 0.480. The summed E-state index contributed by atoms with van der Waals surface area (Å²) in [6.07, 6.45) is 2.05. The number of hydrogen-bond acceptors (Lipinski definition) is 6. The first kappa shape index (κ1) is 22.9. The van der Waals surface area contributed by atoms with Crippen LogP contribution in [0.5, 0.6) is 11.5 Å². The number of ether oxygens (including phenoxy) is 1. The minimum atomic E-state index is -0.948. The molecule has 2 aliphatic heterocycles. The number of carbonyl (C=O) groups excluding carboxylic acids is 1. The van der Waals surface area contributed by atoms with Crippen molar-refractivity contribution in [3.8, 4) is 11.5 Å². The maximum absolute atomic E-state index is 13.6. The largest absolute Gasteiger partial charge is 0.507 e. The number of phenolic OH excluding ortho intramolecular Hbond substituents is 1. The van der Waals surface area contributed by atoms with E-state index in [2.05, 4.69) is 4.90 Å². The van der Waals surface area contributed by atoms with Gasteiger partial charge in [-0.25, -0.2) is 0 Å². The average Bonchev–Trinajstić information content (AvgIpc) is 3.07. The summed E-state index contributed by atoms with van der Waals surface area (Å²) >= 11 is 0. The molecule has 176 valence electrons. The highest BCUT2D eigenvalue weighted by atomic mass is 16.6. The van der Waals surface area contributed by atoms with Crippen molar-refractivity contribution in [2.75, 3.05) is 31.1 Å². The van der Waals surface area contributed by atoms with Crippen LogP contribution in [0.1, 0.15) is 42.0 Å². The van der Waals surface area contributed by atoms with E-state index in [1.165, 1.54) is 12.1 Å². The summed E-state index contributed by atoms with van der Waals surface area (Å²) in [6, 6.07) is 6.56. The van der Waals surface area contributed by atoms with E-state index in [9.17, 15) is 20.0 Å². The lowest BCUT2D eigenvalue weighted by Crippen LogP contribution is -2.53. The van der Waals surface area contributed by atoms with E-state index in [4.69, 9.17) is 4.74 Å². The molecule has 1 fully saturated rings. The summed E-state index contributed by atoms with van der Waals surface area (Å²) in [5.74, 6) is 1.03. The number of phenols is 1. The lowest BCUT2D eigenvalue weighted by Gasteiger charge is -2.39. The van der Waals surface area contributed by atoms with Crippen LogP contribution in [0, 0.1) is 30.9 Å². The van der Waals surface area contributed by atoms with Crippen molar-refractivity contribution in [1.29, 1.82) is 0 Å². The number of hydrogen-bond donors (Lipinski definition) is 1. The van der Waals surface area contributed by atoms with Crippen LogP contribution in [0.4, 0.5) is 11.4 Å². The molecule has 33 heavy (non-hydrogen) atoms. The highest BCUT2D eigenvalue weighted by molar-refractivity contribution is 5.86. The van der Waals surface area contributed by atoms with E-state index >= 15 is 0 Å². The SMILES string of the molecule is Cc1c(C)c2c(c(C)c1O)CCC(C)(C(=O)N1CCCN(c3ccc([N+](=O)[O-])cc3)CC1)O2. The Hall–Kier alpha value is -3.29. The molecule has 2 aromatic rings. The number of anilines is 1. The average molecular weight is 454 g/mol. The number of nitro benzene ring substituents is 1. The van der Waals surface area contributed by atoms with E-state index in [-0.39, 0.29) is 11.6 Å². The topological polar surface area (TPSA) is 96.2 Å². The lowest BCUT2D eigenvalue weighted by atomic mass is 9.86. The molecular weight excluding hydrogens is 422 g/mol. The third-order valence-electron chi connectivity index (χ3n) is 7.18. The van der Waals surface area contributed by atoms with Gasteiger partial charge in [-0.05, 0) is 69.4 Å². The molecule has 1 N–H and O–H groups in total. The molecule has 4 rings (SSSR count). The molecule has 0 radical (unpaired) electrons. The van der Waals surface area contributed by atoms with Gasteiger partial charge in [0.25, 0.3) is 11.6 Å². The third-order valence-corrected chi connectivity index (χ3v) is 7.18. The zero-order valence-corrected chi connectivity index (χ0v) is 19.7. The minimum Gasteiger partial charge on any atom is -0.507 e.